The number of likely N-dealkylation sites (tertiary alicyclic amines) is 1. The van der Waals surface area contributed by atoms with Crippen molar-refractivity contribution in [2.45, 2.75) is 25.7 Å². The highest BCUT2D eigenvalue weighted by molar-refractivity contribution is 5.93. The maximum atomic E-state index is 11.3. The van der Waals surface area contributed by atoms with Gasteiger partial charge in [0.05, 0.1) is 11.3 Å². The van der Waals surface area contributed by atoms with E-state index in [-0.39, 0.29) is 0 Å². The summed E-state index contributed by atoms with van der Waals surface area (Å²) in [6, 6.07) is 10.5. The Kier molecular flexibility index (Phi) is 4.67. The molecule has 1 saturated heterocycles. The summed E-state index contributed by atoms with van der Waals surface area (Å²) >= 11 is 0. The lowest BCUT2D eigenvalue weighted by molar-refractivity contribution is 0.0999. The van der Waals surface area contributed by atoms with Gasteiger partial charge in [0.25, 0.3) is 5.91 Å². The first kappa shape index (κ1) is 15.6. The monoisotopic (exact) mass is 310 g/mol. The van der Waals surface area contributed by atoms with Crippen LogP contribution in [0.5, 0.6) is 0 Å². The number of benzene rings is 1. The smallest absolute Gasteiger partial charge is 0.252 e. The van der Waals surface area contributed by atoms with E-state index in [1.54, 1.807) is 6.20 Å². The Hall–Kier alpha value is -2.27. The SMILES string of the molecule is Cc1nc([C@H]2CCN(CCc3ccccc3)C2)ncc1C(N)=O. The van der Waals surface area contributed by atoms with Crippen LogP contribution in [-0.4, -0.2) is 40.4 Å². The van der Waals surface area contributed by atoms with E-state index in [0.29, 0.717) is 17.2 Å². The first-order valence-electron chi connectivity index (χ1n) is 8.03. The van der Waals surface area contributed by atoms with Crippen LogP contribution in [0.4, 0.5) is 0 Å². The zero-order valence-corrected chi connectivity index (χ0v) is 13.4. The third-order valence-corrected chi connectivity index (χ3v) is 4.46. The molecule has 120 valence electrons. The lowest BCUT2D eigenvalue weighted by Crippen LogP contribution is -2.23. The molecular weight excluding hydrogens is 288 g/mol. The van der Waals surface area contributed by atoms with Crippen LogP contribution in [0.25, 0.3) is 0 Å². The predicted molar refractivity (Wildman–Crippen MR) is 89.2 cm³/mol. The molecule has 0 bridgehead atoms. The maximum absolute atomic E-state index is 11.3. The Morgan fingerprint density at radius 2 is 2.13 bits per heavy atom. The molecule has 2 aromatic rings. The van der Waals surface area contributed by atoms with Gasteiger partial charge in [-0.05, 0) is 31.9 Å². The quantitative estimate of drug-likeness (QED) is 0.916. The summed E-state index contributed by atoms with van der Waals surface area (Å²) < 4.78 is 0. The molecular formula is C18H22N4O. The minimum Gasteiger partial charge on any atom is -0.365 e. The first-order chi connectivity index (χ1) is 11.1. The number of hydrogen-bond donors (Lipinski definition) is 1. The largest absolute Gasteiger partial charge is 0.365 e. The molecule has 0 aliphatic carbocycles. The highest BCUT2D eigenvalue weighted by Crippen LogP contribution is 2.25. The zero-order valence-electron chi connectivity index (χ0n) is 13.4. The number of rotatable bonds is 5. The van der Waals surface area contributed by atoms with E-state index in [0.717, 1.165) is 38.3 Å². The number of primary amides is 1. The summed E-state index contributed by atoms with van der Waals surface area (Å²) in [5, 5.41) is 0. The van der Waals surface area contributed by atoms with Crippen LogP contribution in [0.1, 0.15) is 39.8 Å². The van der Waals surface area contributed by atoms with E-state index in [4.69, 9.17) is 5.73 Å². The van der Waals surface area contributed by atoms with Crippen LogP contribution in [0.15, 0.2) is 36.5 Å². The van der Waals surface area contributed by atoms with Gasteiger partial charge in [0, 0.05) is 25.2 Å². The molecule has 5 nitrogen and oxygen atoms in total. The topological polar surface area (TPSA) is 72.1 Å². The molecule has 0 spiro atoms. The predicted octanol–water partition coefficient (Wildman–Crippen LogP) is 1.92. The van der Waals surface area contributed by atoms with Crippen molar-refractivity contribution in [1.29, 1.82) is 0 Å². The number of aromatic nitrogens is 2. The van der Waals surface area contributed by atoms with Crippen molar-refractivity contribution in [3.8, 4) is 0 Å². The van der Waals surface area contributed by atoms with Gasteiger partial charge in [0.15, 0.2) is 0 Å². The molecule has 1 aromatic heterocycles. The molecule has 1 aliphatic heterocycles. The molecule has 2 heterocycles. The van der Waals surface area contributed by atoms with Crippen LogP contribution in [-0.2, 0) is 6.42 Å². The van der Waals surface area contributed by atoms with Crippen molar-refractivity contribution < 1.29 is 4.79 Å². The normalized spacial score (nSPS) is 18.2. The van der Waals surface area contributed by atoms with Crippen LogP contribution in [0.3, 0.4) is 0 Å². The van der Waals surface area contributed by atoms with Crippen molar-refractivity contribution in [3.05, 3.63) is 59.2 Å². The standard InChI is InChI=1S/C18H22N4O/c1-13-16(17(19)23)11-20-18(21-13)15-8-10-22(12-15)9-7-14-5-3-2-4-6-14/h2-6,11,15H,7-10,12H2,1H3,(H2,19,23)/t15-/m0/s1. The van der Waals surface area contributed by atoms with Gasteiger partial charge in [-0.2, -0.15) is 0 Å². The number of amides is 1. The fourth-order valence-electron chi connectivity index (χ4n) is 3.10. The Bertz CT molecular complexity index is 687. The summed E-state index contributed by atoms with van der Waals surface area (Å²) in [6.07, 6.45) is 3.69. The lowest BCUT2D eigenvalue weighted by atomic mass is 10.1. The molecule has 1 fully saturated rings. The molecule has 0 unspecified atom stereocenters. The second kappa shape index (κ2) is 6.87. The van der Waals surface area contributed by atoms with Gasteiger partial charge < -0.3 is 10.6 Å². The van der Waals surface area contributed by atoms with Crippen LogP contribution >= 0.6 is 0 Å². The second-order valence-corrected chi connectivity index (χ2v) is 6.11. The van der Waals surface area contributed by atoms with Crippen LogP contribution < -0.4 is 5.73 Å². The summed E-state index contributed by atoms with van der Waals surface area (Å²) in [4.78, 5) is 22.6. The molecule has 2 N–H and O–H groups in total. The fraction of sp³-hybridized carbons (Fsp3) is 0.389. The van der Waals surface area contributed by atoms with E-state index in [1.165, 1.54) is 5.56 Å². The number of nitrogens with two attached hydrogens (primary N) is 1. The number of nitrogens with zero attached hydrogens (tertiary/aromatic N) is 3. The number of aryl methyl sites for hydroxylation is 1. The molecule has 3 rings (SSSR count). The third-order valence-electron chi connectivity index (χ3n) is 4.46. The van der Waals surface area contributed by atoms with E-state index in [9.17, 15) is 4.79 Å². The molecule has 1 atom stereocenters. The minimum atomic E-state index is -0.468. The van der Waals surface area contributed by atoms with Crippen molar-refractivity contribution >= 4 is 5.91 Å². The Labute approximate surface area is 136 Å². The van der Waals surface area contributed by atoms with Gasteiger partial charge in [-0.1, -0.05) is 30.3 Å². The summed E-state index contributed by atoms with van der Waals surface area (Å²) in [7, 11) is 0. The molecule has 5 heteroatoms. The van der Waals surface area contributed by atoms with Crippen LogP contribution in [0, 0.1) is 6.92 Å². The van der Waals surface area contributed by atoms with Gasteiger partial charge in [0.1, 0.15) is 5.82 Å². The average Bonchev–Trinajstić information content (AvgIpc) is 3.02. The molecule has 0 saturated carbocycles. The third kappa shape index (κ3) is 3.74. The number of carbonyl (C=O) groups is 1. The van der Waals surface area contributed by atoms with E-state index < -0.39 is 5.91 Å². The van der Waals surface area contributed by atoms with Crippen molar-refractivity contribution in [1.82, 2.24) is 14.9 Å². The second-order valence-electron chi connectivity index (χ2n) is 6.11. The minimum absolute atomic E-state index is 0.339. The number of carbonyl (C=O) groups excluding carboxylic acids is 1. The number of hydrogen-bond acceptors (Lipinski definition) is 4. The summed E-state index contributed by atoms with van der Waals surface area (Å²) in [5.41, 5.74) is 7.76. The van der Waals surface area contributed by atoms with E-state index >= 15 is 0 Å². The van der Waals surface area contributed by atoms with E-state index in [2.05, 4.69) is 39.1 Å². The Balaban J connectivity index is 1.59. The van der Waals surface area contributed by atoms with Crippen molar-refractivity contribution in [2.75, 3.05) is 19.6 Å². The van der Waals surface area contributed by atoms with E-state index in [1.807, 2.05) is 13.0 Å². The molecule has 23 heavy (non-hydrogen) atoms. The summed E-state index contributed by atoms with van der Waals surface area (Å²) in [6.45, 7) is 4.91. The van der Waals surface area contributed by atoms with Gasteiger partial charge >= 0.3 is 0 Å². The van der Waals surface area contributed by atoms with Gasteiger partial charge in [-0.15, -0.1) is 0 Å². The average molecular weight is 310 g/mol. The van der Waals surface area contributed by atoms with Crippen molar-refractivity contribution in [2.24, 2.45) is 5.73 Å². The Morgan fingerprint density at radius 1 is 1.35 bits per heavy atom. The summed E-state index contributed by atoms with van der Waals surface area (Å²) in [5.74, 6) is 0.700. The highest BCUT2D eigenvalue weighted by Gasteiger charge is 2.26. The van der Waals surface area contributed by atoms with Crippen LogP contribution in [0.2, 0.25) is 0 Å². The molecule has 1 aromatic carbocycles. The van der Waals surface area contributed by atoms with Gasteiger partial charge in [0.2, 0.25) is 0 Å². The highest BCUT2D eigenvalue weighted by atomic mass is 16.1. The Morgan fingerprint density at radius 3 is 2.83 bits per heavy atom. The molecule has 1 aliphatic rings. The zero-order chi connectivity index (χ0) is 16.2. The van der Waals surface area contributed by atoms with Crippen molar-refractivity contribution in [3.63, 3.8) is 0 Å². The fourth-order valence-corrected chi connectivity index (χ4v) is 3.10. The molecule has 0 radical (unpaired) electrons. The van der Waals surface area contributed by atoms with Gasteiger partial charge in [-0.3, -0.25) is 4.79 Å². The lowest BCUT2D eigenvalue weighted by Gasteiger charge is -2.15. The van der Waals surface area contributed by atoms with Gasteiger partial charge in [-0.25, -0.2) is 9.97 Å². The molecule has 1 amide bonds. The first-order valence-corrected chi connectivity index (χ1v) is 8.03. The maximum Gasteiger partial charge on any atom is 0.252 e.